The molecule has 0 saturated carbocycles. The lowest BCUT2D eigenvalue weighted by Gasteiger charge is -2.38. The van der Waals surface area contributed by atoms with Crippen LogP contribution in [0.1, 0.15) is 70.5 Å². The zero-order valence-corrected chi connectivity index (χ0v) is 36.7. The second-order valence-corrected chi connectivity index (χ2v) is 18.4. The van der Waals surface area contributed by atoms with Crippen LogP contribution in [-0.4, -0.2) is 117 Å². The zero-order valence-electron chi connectivity index (χ0n) is 35.9. The highest BCUT2D eigenvalue weighted by Gasteiger charge is 2.43. The van der Waals surface area contributed by atoms with Gasteiger partial charge in [0.25, 0.3) is 11.8 Å². The molecule has 342 valence electrons. The molecule has 19 heteroatoms. The van der Waals surface area contributed by atoms with Crippen LogP contribution in [0, 0.1) is 11.6 Å². The second kappa shape index (κ2) is 18.0. The van der Waals surface area contributed by atoms with E-state index in [4.69, 9.17) is 0 Å². The van der Waals surface area contributed by atoms with Crippen LogP contribution in [0.25, 0.3) is 11.1 Å². The molecule has 3 N–H and O–H groups in total. The SMILES string of the molecule is O=C1CC[C@H](Nc2ccc(C3CCN(CC(=O)N4CCN(c5ccc(-c6cc(F)c7c(c6)C(=O)N(C(C(=O)Nc6nccs6)c6ncn8c6C[C@@H](F)C8)C7)cc5)CC4)CC3)c(F)c2)C(=O)N1. The number of carbonyl (C=O) groups excluding carboxylic acids is 5. The number of hydrogen-bond donors (Lipinski definition) is 3. The van der Waals surface area contributed by atoms with Crippen molar-refractivity contribution in [3.8, 4) is 11.1 Å². The van der Waals surface area contributed by atoms with E-state index in [1.54, 1.807) is 28.1 Å². The number of piperazine rings is 1. The van der Waals surface area contributed by atoms with Crippen molar-refractivity contribution in [2.24, 2.45) is 0 Å². The number of hydrogen-bond acceptors (Lipinski definition) is 11. The lowest BCUT2D eigenvalue weighted by atomic mass is 9.89. The number of alkyl halides is 1. The highest BCUT2D eigenvalue weighted by atomic mass is 32.1. The van der Waals surface area contributed by atoms with E-state index >= 15 is 8.78 Å². The van der Waals surface area contributed by atoms with E-state index in [1.165, 1.54) is 40.9 Å². The molecule has 0 radical (unpaired) electrons. The van der Waals surface area contributed by atoms with Crippen molar-refractivity contribution in [1.29, 1.82) is 0 Å². The molecule has 5 amide bonds. The van der Waals surface area contributed by atoms with Gasteiger partial charge in [-0.2, -0.15) is 0 Å². The van der Waals surface area contributed by atoms with E-state index in [1.807, 2.05) is 29.2 Å². The minimum Gasteiger partial charge on any atom is -0.374 e. The average molecular weight is 921 g/mol. The van der Waals surface area contributed by atoms with E-state index in [0.29, 0.717) is 98.3 Å². The maximum Gasteiger partial charge on any atom is 0.255 e. The number of amides is 5. The number of imide groups is 1. The molecule has 0 aliphatic carbocycles. The van der Waals surface area contributed by atoms with Gasteiger partial charge in [-0.15, -0.1) is 11.3 Å². The van der Waals surface area contributed by atoms with E-state index in [0.717, 1.165) is 5.69 Å². The van der Waals surface area contributed by atoms with Crippen molar-refractivity contribution in [1.82, 2.24) is 34.6 Å². The average Bonchev–Trinajstić information content (AvgIpc) is 4.12. The van der Waals surface area contributed by atoms with E-state index < -0.39 is 41.8 Å². The van der Waals surface area contributed by atoms with Crippen LogP contribution in [0.5, 0.6) is 0 Å². The third-order valence-electron chi connectivity index (χ3n) is 13.4. The highest BCUT2D eigenvalue weighted by molar-refractivity contribution is 7.13. The number of rotatable bonds is 11. The normalized spacial score (nSPS) is 20.6. The molecular weight excluding hydrogens is 874 g/mol. The van der Waals surface area contributed by atoms with E-state index in [-0.39, 0.29) is 66.3 Å². The van der Waals surface area contributed by atoms with Crippen LogP contribution in [0.2, 0.25) is 0 Å². The lowest BCUT2D eigenvalue weighted by Crippen LogP contribution is -2.51. The Bertz CT molecular complexity index is 2700. The Morgan fingerprint density at radius 3 is 2.41 bits per heavy atom. The summed E-state index contributed by atoms with van der Waals surface area (Å²) < 4.78 is 47.3. The maximum atomic E-state index is 15.9. The summed E-state index contributed by atoms with van der Waals surface area (Å²) in [7, 11) is 0. The predicted octanol–water partition coefficient (Wildman–Crippen LogP) is 5.26. The van der Waals surface area contributed by atoms with Gasteiger partial charge < -0.3 is 24.6 Å². The first kappa shape index (κ1) is 43.3. The molecule has 2 aromatic heterocycles. The minimum atomic E-state index is -1.24. The van der Waals surface area contributed by atoms with Crippen LogP contribution in [0.4, 0.5) is 29.7 Å². The number of imidazole rings is 1. The Balaban J connectivity index is 0.729. The Morgan fingerprint density at radius 1 is 0.894 bits per heavy atom. The van der Waals surface area contributed by atoms with Crippen LogP contribution in [0.3, 0.4) is 0 Å². The molecule has 5 aliphatic rings. The quantitative estimate of drug-likeness (QED) is 0.149. The number of piperidine rings is 2. The standard InChI is InChI=1S/C47H47F3N10O5S/c48-30-21-39-42(52-26-59(39)23-30)43(45(64)55-47-51-11-18-66-47)60-24-35-34(46(60)65)19-29(20-36(35)49)27-1-4-32(5-2-27)57-14-16-58(17-15-57)41(62)25-56-12-9-28(10-13-56)33-6-3-31(22-37(33)50)53-38-7-8-40(61)54-44(38)63/h1-6,11,18-20,22,26,28,30,38,43,53H,7-10,12-17,21,23-25H2,(H,51,55,64)(H,54,61,63)/t30-,38+,43?/m1/s1. The summed E-state index contributed by atoms with van der Waals surface area (Å²) in [5, 5.41) is 10.1. The summed E-state index contributed by atoms with van der Waals surface area (Å²) in [6.45, 7) is 3.92. The highest BCUT2D eigenvalue weighted by Crippen LogP contribution is 2.39. The molecule has 0 spiro atoms. The minimum absolute atomic E-state index is 0.0142. The molecule has 5 aliphatic heterocycles. The number of benzene rings is 3. The van der Waals surface area contributed by atoms with Crippen molar-refractivity contribution in [3.05, 3.63) is 112 Å². The Kier molecular flexibility index (Phi) is 11.8. The molecule has 3 fully saturated rings. The maximum absolute atomic E-state index is 15.9. The number of anilines is 3. The van der Waals surface area contributed by atoms with Crippen LogP contribution in [-0.2, 0) is 38.7 Å². The smallest absolute Gasteiger partial charge is 0.255 e. The molecule has 10 rings (SSSR count). The van der Waals surface area contributed by atoms with Crippen molar-refractivity contribution in [3.63, 3.8) is 0 Å². The van der Waals surface area contributed by atoms with Crippen LogP contribution < -0.4 is 20.9 Å². The fourth-order valence-electron chi connectivity index (χ4n) is 9.90. The molecule has 15 nitrogen and oxygen atoms in total. The van der Waals surface area contributed by atoms with Gasteiger partial charge in [-0.3, -0.25) is 39.5 Å². The number of nitrogens with zero attached hydrogens (tertiary/aromatic N) is 7. The molecule has 0 bridgehead atoms. The molecule has 66 heavy (non-hydrogen) atoms. The summed E-state index contributed by atoms with van der Waals surface area (Å²) >= 11 is 1.21. The molecular formula is C47H47F3N10O5S. The van der Waals surface area contributed by atoms with Gasteiger partial charge in [0, 0.05) is 78.8 Å². The van der Waals surface area contributed by atoms with E-state index in [2.05, 4.69) is 35.7 Å². The number of halogens is 3. The molecule has 3 aromatic carbocycles. The largest absolute Gasteiger partial charge is 0.374 e. The van der Waals surface area contributed by atoms with Gasteiger partial charge in [0.2, 0.25) is 17.7 Å². The third-order valence-corrected chi connectivity index (χ3v) is 14.1. The van der Waals surface area contributed by atoms with Gasteiger partial charge in [-0.1, -0.05) is 18.2 Å². The Hall–Kier alpha value is -6.60. The van der Waals surface area contributed by atoms with Gasteiger partial charge in [0.15, 0.2) is 11.2 Å². The van der Waals surface area contributed by atoms with Gasteiger partial charge >= 0.3 is 0 Å². The zero-order chi connectivity index (χ0) is 45.6. The summed E-state index contributed by atoms with van der Waals surface area (Å²) in [6, 6.07) is 13.8. The van der Waals surface area contributed by atoms with Crippen molar-refractivity contribution < 1.29 is 37.1 Å². The first-order valence-electron chi connectivity index (χ1n) is 22.2. The second-order valence-electron chi connectivity index (χ2n) is 17.5. The monoisotopic (exact) mass is 920 g/mol. The molecule has 3 saturated heterocycles. The number of nitrogens with one attached hydrogen (secondary N) is 3. The summed E-state index contributed by atoms with van der Waals surface area (Å²) in [5.41, 5.74) is 4.35. The van der Waals surface area contributed by atoms with Crippen molar-refractivity contribution in [2.75, 3.05) is 61.3 Å². The topological polar surface area (TPSA) is 165 Å². The van der Waals surface area contributed by atoms with Crippen molar-refractivity contribution in [2.45, 2.75) is 69.4 Å². The first-order chi connectivity index (χ1) is 31.9. The number of aromatic nitrogens is 3. The van der Waals surface area contributed by atoms with Gasteiger partial charge in [0.05, 0.1) is 31.7 Å². The predicted molar refractivity (Wildman–Crippen MR) is 239 cm³/mol. The molecule has 5 aromatic rings. The Morgan fingerprint density at radius 2 is 1.68 bits per heavy atom. The summed E-state index contributed by atoms with van der Waals surface area (Å²) in [5.74, 6) is -2.67. The van der Waals surface area contributed by atoms with Gasteiger partial charge in [-0.25, -0.2) is 23.1 Å². The summed E-state index contributed by atoms with van der Waals surface area (Å²) in [4.78, 5) is 81.0. The molecule has 1 unspecified atom stereocenters. The van der Waals surface area contributed by atoms with E-state index in [9.17, 15) is 28.4 Å². The number of fused-ring (bicyclic) bond motifs is 2. The number of carbonyl (C=O) groups is 5. The lowest BCUT2D eigenvalue weighted by molar-refractivity contribution is -0.134. The van der Waals surface area contributed by atoms with Crippen LogP contribution >= 0.6 is 11.3 Å². The summed E-state index contributed by atoms with van der Waals surface area (Å²) in [6.07, 6.45) is 3.93. The van der Waals surface area contributed by atoms with Crippen LogP contribution in [0.15, 0.2) is 72.5 Å². The van der Waals surface area contributed by atoms with Gasteiger partial charge in [-0.05, 0) is 91.4 Å². The number of thiazole rings is 1. The fraction of sp³-hybridized carbons (Fsp3) is 0.383. The third kappa shape index (κ3) is 8.64. The molecule has 3 atom stereocenters. The fourth-order valence-corrected chi connectivity index (χ4v) is 10.4. The first-order valence-corrected chi connectivity index (χ1v) is 23.1. The van der Waals surface area contributed by atoms with Crippen molar-refractivity contribution >= 4 is 57.4 Å². The molecule has 7 heterocycles. The number of likely N-dealkylation sites (tertiary alicyclic amines) is 1. The van der Waals surface area contributed by atoms with Gasteiger partial charge in [0.1, 0.15) is 23.8 Å². The Labute approximate surface area is 382 Å².